The highest BCUT2D eigenvalue weighted by molar-refractivity contribution is 6.04. The van der Waals surface area contributed by atoms with Crippen LogP contribution in [0, 0.1) is 6.92 Å². The molecule has 0 fully saturated rings. The molecular formula is C22H24N4O3. The summed E-state index contributed by atoms with van der Waals surface area (Å²) >= 11 is 0. The fourth-order valence-electron chi connectivity index (χ4n) is 2.72. The maximum absolute atomic E-state index is 12.7. The van der Waals surface area contributed by atoms with E-state index in [9.17, 15) is 4.79 Å². The van der Waals surface area contributed by atoms with Crippen LogP contribution in [0.2, 0.25) is 0 Å². The van der Waals surface area contributed by atoms with Crippen LogP contribution >= 0.6 is 0 Å². The van der Waals surface area contributed by atoms with Crippen LogP contribution in [-0.4, -0.2) is 29.1 Å². The minimum atomic E-state index is -0.355. The molecule has 0 atom stereocenters. The monoisotopic (exact) mass is 392 g/mol. The van der Waals surface area contributed by atoms with E-state index in [0.717, 1.165) is 11.3 Å². The summed E-state index contributed by atoms with van der Waals surface area (Å²) in [7, 11) is 1.60. The van der Waals surface area contributed by atoms with Crippen LogP contribution in [0.25, 0.3) is 0 Å². The van der Waals surface area contributed by atoms with E-state index in [1.807, 2.05) is 57.2 Å². The normalized spacial score (nSPS) is 10.5. The number of aryl methyl sites for hydroxylation is 1. The molecule has 1 heterocycles. The van der Waals surface area contributed by atoms with Gasteiger partial charge in [-0.05, 0) is 50.6 Å². The minimum Gasteiger partial charge on any atom is -0.495 e. The maximum atomic E-state index is 12.7. The number of nitrogens with one attached hydrogen (secondary N) is 2. The summed E-state index contributed by atoms with van der Waals surface area (Å²) in [5.41, 5.74) is 2.64. The van der Waals surface area contributed by atoms with Gasteiger partial charge in [-0.3, -0.25) is 4.79 Å². The average molecular weight is 392 g/mol. The number of amides is 1. The van der Waals surface area contributed by atoms with Crippen molar-refractivity contribution in [3.8, 4) is 11.5 Å². The summed E-state index contributed by atoms with van der Waals surface area (Å²) in [6.45, 7) is 5.85. The van der Waals surface area contributed by atoms with Gasteiger partial charge in [-0.1, -0.05) is 18.2 Å². The van der Waals surface area contributed by atoms with Gasteiger partial charge in [0, 0.05) is 6.07 Å². The third kappa shape index (κ3) is 5.22. The van der Waals surface area contributed by atoms with Gasteiger partial charge in [-0.2, -0.15) is 0 Å². The van der Waals surface area contributed by atoms with Crippen LogP contribution < -0.4 is 20.1 Å². The molecule has 3 aromatic rings. The molecule has 150 valence electrons. The minimum absolute atomic E-state index is 0.00721. The summed E-state index contributed by atoms with van der Waals surface area (Å²) < 4.78 is 11.1. The molecule has 29 heavy (non-hydrogen) atoms. The lowest BCUT2D eigenvalue weighted by Crippen LogP contribution is -2.16. The molecule has 3 rings (SSSR count). The molecule has 0 unspecified atom stereocenters. The lowest BCUT2D eigenvalue weighted by Gasteiger charge is -2.15. The first-order chi connectivity index (χ1) is 14.0. The number of hydrogen-bond donors (Lipinski definition) is 2. The number of carbonyl (C=O) groups is 1. The second kappa shape index (κ2) is 9.05. The van der Waals surface area contributed by atoms with Crippen molar-refractivity contribution >= 4 is 23.1 Å². The Bertz CT molecular complexity index is 1000. The van der Waals surface area contributed by atoms with E-state index in [1.54, 1.807) is 19.2 Å². The summed E-state index contributed by atoms with van der Waals surface area (Å²) in [5.74, 6) is 1.42. The number of benzene rings is 2. The highest BCUT2D eigenvalue weighted by Gasteiger charge is 2.13. The molecule has 2 aromatic carbocycles. The van der Waals surface area contributed by atoms with Crippen molar-refractivity contribution < 1.29 is 14.3 Å². The summed E-state index contributed by atoms with van der Waals surface area (Å²) in [4.78, 5) is 21.0. The molecule has 2 N–H and O–H groups in total. The van der Waals surface area contributed by atoms with Gasteiger partial charge in [0.2, 0.25) is 0 Å². The fraction of sp³-hybridized carbons (Fsp3) is 0.227. The van der Waals surface area contributed by atoms with Crippen molar-refractivity contribution in [2.45, 2.75) is 26.9 Å². The molecule has 7 heteroatoms. The van der Waals surface area contributed by atoms with Crippen molar-refractivity contribution in [3.63, 3.8) is 0 Å². The lowest BCUT2D eigenvalue weighted by atomic mass is 10.2. The number of nitrogens with zero attached hydrogens (tertiary/aromatic N) is 2. The van der Waals surface area contributed by atoms with E-state index in [2.05, 4.69) is 20.6 Å². The van der Waals surface area contributed by atoms with Gasteiger partial charge < -0.3 is 20.1 Å². The Balaban J connectivity index is 1.80. The fourth-order valence-corrected chi connectivity index (χ4v) is 2.72. The van der Waals surface area contributed by atoms with Gasteiger partial charge in [0.25, 0.3) is 5.91 Å². The third-order valence-corrected chi connectivity index (χ3v) is 4.02. The molecule has 0 saturated heterocycles. The number of rotatable bonds is 7. The molecule has 0 aliphatic rings. The zero-order valence-corrected chi connectivity index (χ0v) is 16.9. The van der Waals surface area contributed by atoms with Gasteiger partial charge in [0.05, 0.1) is 24.6 Å². The second-order valence-electron chi connectivity index (χ2n) is 6.73. The molecule has 0 radical (unpaired) electrons. The summed E-state index contributed by atoms with van der Waals surface area (Å²) in [5, 5.41) is 6.03. The number of para-hydroxylation sites is 2. The van der Waals surface area contributed by atoms with Crippen molar-refractivity contribution in [1.82, 2.24) is 9.97 Å². The molecule has 0 bridgehead atoms. The zero-order valence-electron chi connectivity index (χ0n) is 16.9. The van der Waals surface area contributed by atoms with Crippen LogP contribution in [0.5, 0.6) is 11.5 Å². The van der Waals surface area contributed by atoms with Crippen molar-refractivity contribution in [2.24, 2.45) is 0 Å². The number of anilines is 3. The maximum Gasteiger partial charge on any atom is 0.274 e. The Kier molecular flexibility index (Phi) is 6.29. The Morgan fingerprint density at radius 1 is 1.00 bits per heavy atom. The van der Waals surface area contributed by atoms with Gasteiger partial charge in [0.1, 0.15) is 29.3 Å². The lowest BCUT2D eigenvalue weighted by molar-refractivity contribution is 0.102. The zero-order chi connectivity index (χ0) is 20.8. The quantitative estimate of drug-likeness (QED) is 0.612. The first-order valence-electron chi connectivity index (χ1n) is 9.27. The van der Waals surface area contributed by atoms with E-state index in [0.29, 0.717) is 23.0 Å². The highest BCUT2D eigenvalue weighted by Crippen LogP contribution is 2.28. The van der Waals surface area contributed by atoms with E-state index >= 15 is 0 Å². The Morgan fingerprint density at radius 3 is 2.55 bits per heavy atom. The molecule has 0 aliphatic heterocycles. The van der Waals surface area contributed by atoms with Gasteiger partial charge in [-0.25, -0.2) is 9.97 Å². The predicted molar refractivity (Wildman–Crippen MR) is 113 cm³/mol. The molecule has 1 amide bonds. The van der Waals surface area contributed by atoms with Crippen LogP contribution in [-0.2, 0) is 0 Å². The molecule has 1 aromatic heterocycles. The van der Waals surface area contributed by atoms with Crippen molar-refractivity contribution in [3.05, 3.63) is 66.1 Å². The second-order valence-corrected chi connectivity index (χ2v) is 6.73. The van der Waals surface area contributed by atoms with Crippen LogP contribution in [0.3, 0.4) is 0 Å². The van der Waals surface area contributed by atoms with Crippen molar-refractivity contribution in [1.29, 1.82) is 0 Å². The summed E-state index contributed by atoms with van der Waals surface area (Å²) in [6, 6.07) is 14.6. The first-order valence-corrected chi connectivity index (χ1v) is 9.27. The van der Waals surface area contributed by atoms with E-state index < -0.39 is 0 Å². The highest BCUT2D eigenvalue weighted by atomic mass is 16.5. The van der Waals surface area contributed by atoms with Gasteiger partial charge in [0.15, 0.2) is 0 Å². The van der Waals surface area contributed by atoms with E-state index in [1.165, 1.54) is 6.33 Å². The Hall–Kier alpha value is -3.61. The molecule has 0 aliphatic carbocycles. The number of aromatic nitrogens is 2. The number of methoxy groups -OCH3 is 1. The van der Waals surface area contributed by atoms with Crippen molar-refractivity contribution in [2.75, 3.05) is 17.7 Å². The van der Waals surface area contributed by atoms with Gasteiger partial charge in [-0.15, -0.1) is 0 Å². The largest absolute Gasteiger partial charge is 0.495 e. The molecule has 0 saturated carbocycles. The topological polar surface area (TPSA) is 85.4 Å². The molecule has 7 nitrogen and oxygen atoms in total. The van der Waals surface area contributed by atoms with E-state index in [-0.39, 0.29) is 17.7 Å². The smallest absolute Gasteiger partial charge is 0.274 e. The summed E-state index contributed by atoms with van der Waals surface area (Å²) in [6.07, 6.45) is 1.34. The third-order valence-electron chi connectivity index (χ3n) is 4.02. The predicted octanol–water partition coefficient (Wildman–Crippen LogP) is 4.58. The van der Waals surface area contributed by atoms with E-state index in [4.69, 9.17) is 9.47 Å². The van der Waals surface area contributed by atoms with Gasteiger partial charge >= 0.3 is 0 Å². The van der Waals surface area contributed by atoms with Crippen LogP contribution in [0.1, 0.15) is 29.9 Å². The number of carbonyl (C=O) groups excluding carboxylic acids is 1. The molecular weight excluding hydrogens is 368 g/mol. The Morgan fingerprint density at radius 2 is 1.79 bits per heavy atom. The Labute approximate surface area is 170 Å². The average Bonchev–Trinajstić information content (AvgIpc) is 2.69. The van der Waals surface area contributed by atoms with Crippen LogP contribution in [0.4, 0.5) is 17.2 Å². The standard InChI is InChI=1S/C22H24N4O3/c1-14(2)29-20-8-6-5-7-16(20)26-22(27)18-12-21(24-13-23-18)25-17-11-15(3)9-10-19(17)28-4/h5-14H,1-4H3,(H,26,27)(H,23,24,25). The number of hydrogen-bond acceptors (Lipinski definition) is 6. The SMILES string of the molecule is COc1ccc(C)cc1Nc1cc(C(=O)Nc2ccccc2OC(C)C)ncn1. The molecule has 0 spiro atoms. The number of ether oxygens (including phenoxy) is 2. The van der Waals surface area contributed by atoms with Crippen LogP contribution in [0.15, 0.2) is 54.9 Å². The first kappa shape index (κ1) is 20.1.